The van der Waals surface area contributed by atoms with E-state index in [1.54, 1.807) is 48.1 Å². The number of hydrogen-bond donors (Lipinski definition) is 0. The molecule has 5 rings (SSSR count). The third-order valence-corrected chi connectivity index (χ3v) is 6.51. The van der Waals surface area contributed by atoms with Crippen molar-refractivity contribution in [3.63, 3.8) is 0 Å². The summed E-state index contributed by atoms with van der Waals surface area (Å²) in [6, 6.07) is 12.6. The van der Waals surface area contributed by atoms with Gasteiger partial charge in [-0.1, -0.05) is 18.2 Å². The molecule has 0 bridgehead atoms. The van der Waals surface area contributed by atoms with Gasteiger partial charge in [0.1, 0.15) is 24.2 Å². The molecule has 0 spiro atoms. The van der Waals surface area contributed by atoms with E-state index in [0.717, 1.165) is 11.3 Å². The molecule has 0 fully saturated rings. The first kappa shape index (κ1) is 21.6. The van der Waals surface area contributed by atoms with Gasteiger partial charge in [-0.3, -0.25) is 14.3 Å². The van der Waals surface area contributed by atoms with E-state index >= 15 is 0 Å². The number of nitrogens with zero attached hydrogens (tertiary/aromatic N) is 5. The van der Waals surface area contributed by atoms with Crippen LogP contribution < -0.4 is 9.64 Å². The third-order valence-electron chi connectivity index (χ3n) is 6.51. The topological polar surface area (TPSA) is 91.5 Å². The Morgan fingerprint density at radius 1 is 1.24 bits per heavy atom. The summed E-state index contributed by atoms with van der Waals surface area (Å²) in [6.07, 6.45) is 0.531. The maximum atomic E-state index is 14.2. The normalized spacial score (nSPS) is 17.5. The first-order valence-electron chi connectivity index (χ1n) is 10.9. The summed E-state index contributed by atoms with van der Waals surface area (Å²) in [4.78, 5) is 29.7. The van der Waals surface area contributed by atoms with Crippen molar-refractivity contribution in [2.24, 2.45) is 0 Å². The number of nitriles is 1. The SMILES string of the molecule is Cc1c2c(nn1Cc1ccccc1F)C(=O)N([C@H]1COc3cc(C#N)ccc3N(C)C1=O)CC2. The lowest BCUT2D eigenvalue weighted by molar-refractivity contribution is -0.123. The molecule has 0 aliphatic carbocycles. The van der Waals surface area contributed by atoms with Crippen molar-refractivity contribution in [1.82, 2.24) is 14.7 Å². The van der Waals surface area contributed by atoms with Crippen molar-refractivity contribution < 1.29 is 18.7 Å². The summed E-state index contributed by atoms with van der Waals surface area (Å²) in [6.45, 7) is 2.39. The number of hydrogen-bond acceptors (Lipinski definition) is 5. The molecule has 2 aliphatic rings. The minimum Gasteiger partial charge on any atom is -0.489 e. The predicted octanol–water partition coefficient (Wildman–Crippen LogP) is 2.67. The highest BCUT2D eigenvalue weighted by Crippen LogP contribution is 2.33. The number of fused-ring (bicyclic) bond motifs is 2. The number of amides is 2. The number of anilines is 1. The first-order valence-corrected chi connectivity index (χ1v) is 10.9. The summed E-state index contributed by atoms with van der Waals surface area (Å²) in [5.74, 6) is -0.530. The quantitative estimate of drug-likeness (QED) is 0.601. The van der Waals surface area contributed by atoms with Gasteiger partial charge in [-0.15, -0.1) is 0 Å². The number of carbonyl (C=O) groups excluding carboxylic acids is 2. The van der Waals surface area contributed by atoms with Crippen LogP contribution in [0.5, 0.6) is 5.75 Å². The fourth-order valence-corrected chi connectivity index (χ4v) is 4.55. The van der Waals surface area contributed by atoms with E-state index in [9.17, 15) is 19.2 Å². The molecule has 2 aliphatic heterocycles. The Morgan fingerprint density at radius 2 is 2.03 bits per heavy atom. The van der Waals surface area contributed by atoms with Gasteiger partial charge in [0, 0.05) is 36.5 Å². The Bertz CT molecular complexity index is 1360. The maximum Gasteiger partial charge on any atom is 0.275 e. The number of rotatable bonds is 3. The van der Waals surface area contributed by atoms with E-state index in [0.29, 0.717) is 35.5 Å². The molecule has 2 aromatic carbocycles. The van der Waals surface area contributed by atoms with Gasteiger partial charge in [-0.2, -0.15) is 10.4 Å². The van der Waals surface area contributed by atoms with E-state index in [1.165, 1.54) is 15.9 Å². The monoisotopic (exact) mass is 459 g/mol. The Morgan fingerprint density at radius 3 is 2.79 bits per heavy atom. The molecule has 0 unspecified atom stereocenters. The van der Waals surface area contributed by atoms with Crippen LogP contribution in [0.4, 0.5) is 10.1 Å². The standard InChI is InChI=1S/C25H22FN5O3/c1-15-18-9-10-30(25(33)23(18)28-31(15)13-17-5-3-4-6-19(17)26)21-14-34-22-11-16(12-27)7-8-20(22)29(2)24(21)32/h3-8,11,21H,9-10,13-14H2,1-2H3/t21-/m0/s1. The van der Waals surface area contributed by atoms with Crippen LogP contribution in [0.2, 0.25) is 0 Å². The van der Waals surface area contributed by atoms with Gasteiger partial charge in [-0.05, 0) is 31.5 Å². The van der Waals surface area contributed by atoms with Crippen LogP contribution in [0.15, 0.2) is 42.5 Å². The van der Waals surface area contributed by atoms with Crippen molar-refractivity contribution in [2.75, 3.05) is 25.1 Å². The average molecular weight is 459 g/mol. The minimum absolute atomic E-state index is 0.0267. The van der Waals surface area contributed by atoms with Crippen LogP contribution in [-0.4, -0.2) is 52.7 Å². The number of benzene rings is 2. The zero-order chi connectivity index (χ0) is 24.0. The lowest BCUT2D eigenvalue weighted by Gasteiger charge is -2.33. The fraction of sp³-hybridized carbons (Fsp3) is 0.280. The second-order valence-corrected chi connectivity index (χ2v) is 8.43. The highest BCUT2D eigenvalue weighted by atomic mass is 19.1. The van der Waals surface area contributed by atoms with Gasteiger partial charge in [0.25, 0.3) is 11.8 Å². The predicted molar refractivity (Wildman–Crippen MR) is 121 cm³/mol. The zero-order valence-corrected chi connectivity index (χ0v) is 18.8. The summed E-state index contributed by atoms with van der Waals surface area (Å²) in [5, 5.41) is 13.7. The number of likely N-dealkylation sites (N-methyl/N-ethyl adjacent to an activating group) is 1. The van der Waals surface area contributed by atoms with E-state index in [4.69, 9.17) is 4.74 Å². The third kappa shape index (κ3) is 3.48. The summed E-state index contributed by atoms with van der Waals surface area (Å²) < 4.78 is 21.7. The maximum absolute atomic E-state index is 14.2. The van der Waals surface area contributed by atoms with Gasteiger partial charge >= 0.3 is 0 Å². The zero-order valence-electron chi connectivity index (χ0n) is 18.8. The van der Waals surface area contributed by atoms with Crippen molar-refractivity contribution in [3.05, 3.63) is 76.4 Å². The van der Waals surface area contributed by atoms with E-state index in [2.05, 4.69) is 11.2 Å². The van der Waals surface area contributed by atoms with Crippen molar-refractivity contribution in [3.8, 4) is 11.8 Å². The molecule has 34 heavy (non-hydrogen) atoms. The van der Waals surface area contributed by atoms with Crippen LogP contribution in [0.1, 0.15) is 32.9 Å². The number of ether oxygens (including phenoxy) is 1. The molecule has 9 heteroatoms. The molecule has 3 aromatic rings. The number of carbonyl (C=O) groups is 2. The summed E-state index contributed by atoms with van der Waals surface area (Å²) >= 11 is 0. The molecule has 172 valence electrons. The summed E-state index contributed by atoms with van der Waals surface area (Å²) in [5.41, 5.74) is 3.36. The van der Waals surface area contributed by atoms with E-state index < -0.39 is 6.04 Å². The van der Waals surface area contributed by atoms with Crippen LogP contribution in [0, 0.1) is 24.1 Å². The van der Waals surface area contributed by atoms with Gasteiger partial charge in [-0.25, -0.2) is 4.39 Å². The Balaban J connectivity index is 1.42. The van der Waals surface area contributed by atoms with Crippen molar-refractivity contribution >= 4 is 17.5 Å². The average Bonchev–Trinajstić information content (AvgIpc) is 3.10. The molecule has 2 amide bonds. The second-order valence-electron chi connectivity index (χ2n) is 8.43. The fourth-order valence-electron chi connectivity index (χ4n) is 4.55. The number of halogens is 1. The molecular formula is C25H22FN5O3. The molecule has 0 radical (unpaired) electrons. The van der Waals surface area contributed by atoms with Crippen molar-refractivity contribution in [2.45, 2.75) is 25.9 Å². The Kier molecular flexibility index (Phi) is 5.28. The van der Waals surface area contributed by atoms with Crippen LogP contribution in [0.25, 0.3) is 0 Å². The van der Waals surface area contributed by atoms with E-state index in [-0.39, 0.29) is 36.5 Å². The molecule has 0 saturated heterocycles. The Labute approximate surface area is 195 Å². The first-order chi connectivity index (χ1) is 16.4. The van der Waals surface area contributed by atoms with Gasteiger partial charge < -0.3 is 14.5 Å². The van der Waals surface area contributed by atoms with Crippen LogP contribution in [0.3, 0.4) is 0 Å². The van der Waals surface area contributed by atoms with Crippen LogP contribution >= 0.6 is 0 Å². The highest BCUT2D eigenvalue weighted by molar-refractivity contribution is 6.03. The molecule has 1 aromatic heterocycles. The van der Waals surface area contributed by atoms with Gasteiger partial charge in [0.15, 0.2) is 5.69 Å². The van der Waals surface area contributed by atoms with Gasteiger partial charge in [0.05, 0.1) is 23.9 Å². The molecule has 0 saturated carbocycles. The smallest absolute Gasteiger partial charge is 0.275 e. The molecular weight excluding hydrogens is 437 g/mol. The van der Waals surface area contributed by atoms with Crippen LogP contribution in [-0.2, 0) is 17.8 Å². The minimum atomic E-state index is -0.833. The molecule has 1 atom stereocenters. The molecule has 8 nitrogen and oxygen atoms in total. The van der Waals surface area contributed by atoms with Gasteiger partial charge in [0.2, 0.25) is 0 Å². The lowest BCUT2D eigenvalue weighted by atomic mass is 10.0. The summed E-state index contributed by atoms with van der Waals surface area (Å²) in [7, 11) is 1.63. The van der Waals surface area contributed by atoms with E-state index in [1.807, 2.05) is 6.92 Å². The molecule has 3 heterocycles. The lowest BCUT2D eigenvalue weighted by Crippen LogP contribution is -2.54. The molecule has 0 N–H and O–H groups in total. The highest BCUT2D eigenvalue weighted by Gasteiger charge is 2.40. The van der Waals surface area contributed by atoms with Crippen molar-refractivity contribution in [1.29, 1.82) is 5.26 Å². The largest absolute Gasteiger partial charge is 0.489 e. The number of aromatic nitrogens is 2. The Hall–Kier alpha value is -4.19. The second kappa shape index (κ2) is 8.30.